The van der Waals surface area contributed by atoms with Crippen molar-refractivity contribution in [2.45, 2.75) is 71.6 Å². The number of rotatable bonds is 13. The molecule has 0 spiro atoms. The molecule has 0 aliphatic heterocycles. The quantitative estimate of drug-likeness (QED) is 0.227. The Morgan fingerprint density at radius 2 is 1.48 bits per heavy atom. The van der Waals surface area contributed by atoms with Crippen LogP contribution in [0.4, 0.5) is 0 Å². The van der Waals surface area contributed by atoms with Crippen molar-refractivity contribution in [2.75, 3.05) is 6.61 Å². The molecule has 0 fully saturated rings. The number of phenolic OH excluding ortho intramolecular Hbond substituents is 2. The summed E-state index contributed by atoms with van der Waals surface area (Å²) in [6, 6.07) is 9.25. The van der Waals surface area contributed by atoms with Gasteiger partial charge in [-0.1, -0.05) is 64.0 Å². The van der Waals surface area contributed by atoms with Gasteiger partial charge < -0.3 is 14.9 Å². The van der Waals surface area contributed by atoms with Gasteiger partial charge in [-0.3, -0.25) is 4.79 Å². The van der Waals surface area contributed by atoms with Crippen LogP contribution in [0.5, 0.6) is 11.5 Å². The van der Waals surface area contributed by atoms with Gasteiger partial charge in [0.05, 0.1) is 12.2 Å². The van der Waals surface area contributed by atoms with E-state index in [1.54, 1.807) is 25.1 Å². The highest BCUT2D eigenvalue weighted by Crippen LogP contribution is 2.30. The van der Waals surface area contributed by atoms with E-state index in [2.05, 4.69) is 6.92 Å². The monoisotopic (exact) mass is 426 g/mol. The largest absolute Gasteiger partial charge is 0.507 e. The molecule has 5 nitrogen and oxygen atoms in total. The fraction of sp³-hybridized carbons (Fsp3) is 0.462. The summed E-state index contributed by atoms with van der Waals surface area (Å²) < 4.78 is 5.06. The van der Waals surface area contributed by atoms with Gasteiger partial charge in [0.25, 0.3) is 0 Å². The van der Waals surface area contributed by atoms with Crippen LogP contribution in [0, 0.1) is 0 Å². The van der Waals surface area contributed by atoms with Crippen molar-refractivity contribution in [1.29, 1.82) is 0 Å². The molecular formula is C26H34O5. The molecule has 2 aromatic rings. The minimum Gasteiger partial charge on any atom is -0.507 e. The molecule has 2 rings (SSSR count). The SMILES string of the molecule is CCCCCCCCCCc1cc(C(=O)c2ccccc2O)cc(C(=O)OCC)c1O. The van der Waals surface area contributed by atoms with Gasteiger partial charge in [0, 0.05) is 5.56 Å². The molecule has 168 valence electrons. The van der Waals surface area contributed by atoms with Crippen LogP contribution in [0.25, 0.3) is 0 Å². The van der Waals surface area contributed by atoms with Gasteiger partial charge in [-0.05, 0) is 49.6 Å². The highest BCUT2D eigenvalue weighted by Gasteiger charge is 2.21. The molecule has 31 heavy (non-hydrogen) atoms. The summed E-state index contributed by atoms with van der Waals surface area (Å²) in [5.74, 6) is -1.32. The molecule has 0 radical (unpaired) electrons. The summed E-state index contributed by atoms with van der Waals surface area (Å²) in [6.45, 7) is 4.06. The third-order valence-corrected chi connectivity index (χ3v) is 5.39. The zero-order chi connectivity index (χ0) is 22.6. The number of phenols is 2. The van der Waals surface area contributed by atoms with Crippen LogP contribution in [0.15, 0.2) is 36.4 Å². The lowest BCUT2D eigenvalue weighted by molar-refractivity contribution is 0.0523. The molecule has 2 N–H and O–H groups in total. The van der Waals surface area contributed by atoms with Crippen molar-refractivity contribution in [3.8, 4) is 11.5 Å². The van der Waals surface area contributed by atoms with Crippen molar-refractivity contribution in [2.24, 2.45) is 0 Å². The molecule has 0 amide bonds. The summed E-state index contributed by atoms with van der Waals surface area (Å²) in [4.78, 5) is 25.3. The number of aromatic hydroxyl groups is 2. The predicted molar refractivity (Wildman–Crippen MR) is 122 cm³/mol. The van der Waals surface area contributed by atoms with Crippen LogP contribution in [0.1, 0.15) is 97.1 Å². The van der Waals surface area contributed by atoms with Crippen molar-refractivity contribution >= 4 is 11.8 Å². The summed E-state index contributed by atoms with van der Waals surface area (Å²) in [5, 5.41) is 20.7. The first-order chi connectivity index (χ1) is 15.0. The molecule has 0 aliphatic rings. The van der Waals surface area contributed by atoms with E-state index in [4.69, 9.17) is 4.74 Å². The van der Waals surface area contributed by atoms with Crippen molar-refractivity contribution in [3.63, 3.8) is 0 Å². The first-order valence-electron chi connectivity index (χ1n) is 11.3. The standard InChI is InChI=1S/C26H34O5/c1-3-5-6-7-8-9-10-11-14-19-17-20(18-22(24(19)28)26(30)31-4-2)25(29)21-15-12-13-16-23(21)27/h12-13,15-18,27-28H,3-11,14H2,1-2H3. The van der Waals surface area contributed by atoms with Crippen LogP contribution < -0.4 is 0 Å². The maximum Gasteiger partial charge on any atom is 0.341 e. The van der Waals surface area contributed by atoms with Gasteiger partial charge in [0.2, 0.25) is 0 Å². The smallest absolute Gasteiger partial charge is 0.341 e. The Morgan fingerprint density at radius 3 is 2.13 bits per heavy atom. The van der Waals surface area contributed by atoms with Crippen molar-refractivity contribution in [3.05, 3.63) is 58.7 Å². The number of hydrogen-bond acceptors (Lipinski definition) is 5. The minimum absolute atomic E-state index is 0.0160. The van der Waals surface area contributed by atoms with Crippen molar-refractivity contribution < 1.29 is 24.5 Å². The van der Waals surface area contributed by atoms with Crippen LogP contribution >= 0.6 is 0 Å². The summed E-state index contributed by atoms with van der Waals surface area (Å²) in [7, 11) is 0. The highest BCUT2D eigenvalue weighted by molar-refractivity contribution is 6.12. The van der Waals surface area contributed by atoms with Gasteiger partial charge >= 0.3 is 5.97 Å². The van der Waals surface area contributed by atoms with E-state index >= 15 is 0 Å². The molecule has 0 atom stereocenters. The molecule has 0 aliphatic carbocycles. The Balaban J connectivity index is 2.17. The zero-order valence-electron chi connectivity index (χ0n) is 18.7. The molecule has 0 unspecified atom stereocenters. The Kier molecular flexibility index (Phi) is 10.1. The lowest BCUT2D eigenvalue weighted by Gasteiger charge is -2.13. The Bertz CT molecular complexity index is 872. The first kappa shape index (κ1) is 24.4. The topological polar surface area (TPSA) is 83.8 Å². The van der Waals surface area contributed by atoms with Crippen LogP contribution in [0.3, 0.4) is 0 Å². The molecule has 0 saturated heterocycles. The van der Waals surface area contributed by atoms with E-state index in [0.717, 1.165) is 19.3 Å². The number of hydrogen-bond donors (Lipinski definition) is 2. The molecule has 5 heteroatoms. The first-order valence-corrected chi connectivity index (χ1v) is 11.3. The normalized spacial score (nSPS) is 10.8. The van der Waals surface area contributed by atoms with Gasteiger partial charge in [0.1, 0.15) is 17.1 Å². The lowest BCUT2D eigenvalue weighted by atomic mass is 9.94. The summed E-state index contributed by atoms with van der Waals surface area (Å²) in [5.41, 5.74) is 0.936. The number of carbonyl (C=O) groups excluding carboxylic acids is 2. The lowest BCUT2D eigenvalue weighted by Crippen LogP contribution is -2.10. The Morgan fingerprint density at radius 1 is 0.839 bits per heavy atom. The second-order valence-electron chi connectivity index (χ2n) is 7.82. The Labute approximate surface area is 185 Å². The van der Waals surface area contributed by atoms with Crippen molar-refractivity contribution in [1.82, 2.24) is 0 Å². The number of benzene rings is 2. The average Bonchev–Trinajstić information content (AvgIpc) is 2.76. The number of unbranched alkanes of at least 4 members (excludes halogenated alkanes) is 7. The summed E-state index contributed by atoms with van der Waals surface area (Å²) >= 11 is 0. The van der Waals surface area contributed by atoms with Gasteiger partial charge in [0.15, 0.2) is 5.78 Å². The number of para-hydroxylation sites is 1. The third kappa shape index (κ3) is 7.12. The molecule has 0 bridgehead atoms. The van der Waals surface area contributed by atoms with Gasteiger partial charge in [-0.2, -0.15) is 0 Å². The van der Waals surface area contributed by atoms with E-state index in [1.165, 1.54) is 50.3 Å². The zero-order valence-corrected chi connectivity index (χ0v) is 18.7. The maximum atomic E-state index is 13.0. The van der Waals surface area contributed by atoms with E-state index in [1.807, 2.05) is 0 Å². The van der Waals surface area contributed by atoms with E-state index in [0.29, 0.717) is 12.0 Å². The number of carbonyl (C=O) groups is 2. The van der Waals surface area contributed by atoms with Gasteiger partial charge in [-0.15, -0.1) is 0 Å². The van der Waals surface area contributed by atoms with E-state index in [-0.39, 0.29) is 34.8 Å². The average molecular weight is 427 g/mol. The fourth-order valence-electron chi connectivity index (χ4n) is 3.65. The number of esters is 1. The maximum absolute atomic E-state index is 13.0. The molecular weight excluding hydrogens is 392 g/mol. The molecule has 0 heterocycles. The number of aryl methyl sites for hydroxylation is 1. The third-order valence-electron chi connectivity index (χ3n) is 5.39. The van der Waals surface area contributed by atoms with E-state index in [9.17, 15) is 19.8 Å². The van der Waals surface area contributed by atoms with Crippen LogP contribution in [-0.4, -0.2) is 28.6 Å². The fourth-order valence-corrected chi connectivity index (χ4v) is 3.65. The van der Waals surface area contributed by atoms with E-state index < -0.39 is 11.8 Å². The number of ether oxygens (including phenoxy) is 1. The summed E-state index contributed by atoms with van der Waals surface area (Å²) in [6.07, 6.45) is 9.82. The van der Waals surface area contributed by atoms with Gasteiger partial charge in [-0.25, -0.2) is 4.79 Å². The second kappa shape index (κ2) is 12.8. The number of ketones is 1. The predicted octanol–water partition coefficient (Wildman–Crippen LogP) is 6.19. The van der Waals surface area contributed by atoms with Crippen LogP contribution in [-0.2, 0) is 11.2 Å². The highest BCUT2D eigenvalue weighted by atomic mass is 16.5. The second-order valence-corrected chi connectivity index (χ2v) is 7.82. The Hall–Kier alpha value is -2.82. The van der Waals surface area contributed by atoms with Crippen LogP contribution in [0.2, 0.25) is 0 Å². The molecule has 0 saturated carbocycles. The minimum atomic E-state index is -0.663. The molecule has 2 aromatic carbocycles. The molecule has 0 aromatic heterocycles.